The molecule has 1 heterocycles. The Labute approximate surface area is 161 Å². The van der Waals surface area contributed by atoms with Gasteiger partial charge >= 0.3 is 0 Å². The number of rotatable bonds is 4. The van der Waals surface area contributed by atoms with Crippen LogP contribution in [0.2, 0.25) is 0 Å². The Bertz CT molecular complexity index is 930. The molecule has 1 aliphatic heterocycles. The van der Waals surface area contributed by atoms with Gasteiger partial charge in [0.1, 0.15) is 0 Å². The van der Waals surface area contributed by atoms with E-state index in [4.69, 9.17) is 5.10 Å². The molecule has 3 nitrogen and oxygen atoms in total. The van der Waals surface area contributed by atoms with E-state index in [1.165, 1.54) is 27.5 Å². The van der Waals surface area contributed by atoms with E-state index in [2.05, 4.69) is 90.5 Å². The molecular weight excluding hydrogens is 330 g/mol. The number of fused-ring (bicyclic) bond motifs is 1. The third-order valence-corrected chi connectivity index (χ3v) is 5.35. The van der Waals surface area contributed by atoms with Gasteiger partial charge in [-0.1, -0.05) is 72.3 Å². The predicted octanol–water partition coefficient (Wildman–Crippen LogP) is 4.69. The van der Waals surface area contributed by atoms with Gasteiger partial charge in [-0.25, -0.2) is 0 Å². The summed E-state index contributed by atoms with van der Waals surface area (Å²) in [5, 5.41) is 9.71. The minimum atomic E-state index is 0.980. The second-order valence-corrected chi connectivity index (χ2v) is 7.43. The molecule has 0 spiro atoms. The molecule has 0 bridgehead atoms. The van der Waals surface area contributed by atoms with Gasteiger partial charge in [0.05, 0.1) is 5.71 Å². The summed E-state index contributed by atoms with van der Waals surface area (Å²) in [6.07, 6.45) is 0. The van der Waals surface area contributed by atoms with Crippen LogP contribution in [-0.4, -0.2) is 41.8 Å². The molecule has 0 N–H and O–H groups in total. The van der Waals surface area contributed by atoms with Gasteiger partial charge in [-0.2, -0.15) is 5.10 Å². The molecule has 0 saturated carbocycles. The molecule has 3 heteroatoms. The standard InChI is InChI=1S/C24H27N3/c1-19-10-12-21(13-11-19)18-26-14-16-27(17-15-26)25-20(2)23-9-5-7-22-6-3-4-8-24(22)23/h3-13H,14-18H2,1-2H3. The Kier molecular flexibility index (Phi) is 5.21. The summed E-state index contributed by atoms with van der Waals surface area (Å²) in [4.78, 5) is 2.52. The van der Waals surface area contributed by atoms with E-state index in [1.54, 1.807) is 0 Å². The highest BCUT2D eigenvalue weighted by Gasteiger charge is 2.16. The first-order valence-corrected chi connectivity index (χ1v) is 9.75. The van der Waals surface area contributed by atoms with Crippen LogP contribution in [-0.2, 0) is 6.54 Å². The Morgan fingerprint density at radius 3 is 2.33 bits per heavy atom. The number of nitrogens with zero attached hydrogens (tertiary/aromatic N) is 3. The second kappa shape index (κ2) is 7.93. The van der Waals surface area contributed by atoms with E-state index in [0.29, 0.717) is 0 Å². The maximum absolute atomic E-state index is 4.93. The van der Waals surface area contributed by atoms with E-state index in [1.807, 2.05) is 0 Å². The molecule has 1 saturated heterocycles. The molecule has 4 rings (SSSR count). The van der Waals surface area contributed by atoms with Crippen LogP contribution in [0.3, 0.4) is 0 Å². The molecule has 1 aliphatic rings. The first kappa shape index (κ1) is 17.7. The molecule has 0 atom stereocenters. The summed E-state index contributed by atoms with van der Waals surface area (Å²) in [5.41, 5.74) is 5.04. The lowest BCUT2D eigenvalue weighted by molar-refractivity contribution is 0.130. The van der Waals surface area contributed by atoms with Crippen molar-refractivity contribution in [3.05, 3.63) is 83.4 Å². The van der Waals surface area contributed by atoms with Crippen LogP contribution in [0.15, 0.2) is 71.8 Å². The molecule has 1 fully saturated rings. The molecule has 138 valence electrons. The summed E-state index contributed by atoms with van der Waals surface area (Å²) in [5.74, 6) is 0. The summed E-state index contributed by atoms with van der Waals surface area (Å²) < 4.78 is 0. The Balaban J connectivity index is 1.41. The average Bonchev–Trinajstić information content (AvgIpc) is 2.71. The third kappa shape index (κ3) is 4.20. The highest BCUT2D eigenvalue weighted by atomic mass is 15.5. The molecule has 3 aromatic carbocycles. The summed E-state index contributed by atoms with van der Waals surface area (Å²) in [7, 11) is 0. The average molecular weight is 358 g/mol. The van der Waals surface area contributed by atoms with Gasteiger partial charge in [-0.3, -0.25) is 9.91 Å². The smallest absolute Gasteiger partial charge is 0.0652 e. The SMILES string of the molecule is CC(=NN1CCN(Cc2ccc(C)cc2)CC1)c1cccc2ccccc12. The van der Waals surface area contributed by atoms with Crippen LogP contribution in [0, 0.1) is 6.92 Å². The predicted molar refractivity (Wildman–Crippen MR) is 114 cm³/mol. The summed E-state index contributed by atoms with van der Waals surface area (Å²) in [6, 6.07) is 23.9. The van der Waals surface area contributed by atoms with Crippen molar-refractivity contribution in [3.63, 3.8) is 0 Å². The minimum Gasteiger partial charge on any atom is -0.295 e. The fourth-order valence-electron chi connectivity index (χ4n) is 3.75. The van der Waals surface area contributed by atoms with Crippen molar-refractivity contribution in [2.45, 2.75) is 20.4 Å². The highest BCUT2D eigenvalue weighted by Crippen LogP contribution is 2.20. The zero-order valence-electron chi connectivity index (χ0n) is 16.2. The maximum atomic E-state index is 4.93. The molecule has 0 radical (unpaired) electrons. The van der Waals surface area contributed by atoms with Crippen LogP contribution in [0.4, 0.5) is 0 Å². The number of hydrogen-bond donors (Lipinski definition) is 0. The fourth-order valence-corrected chi connectivity index (χ4v) is 3.75. The van der Waals surface area contributed by atoms with Crippen molar-refractivity contribution in [2.24, 2.45) is 5.10 Å². The quantitative estimate of drug-likeness (QED) is 0.631. The van der Waals surface area contributed by atoms with Gasteiger partial charge in [0.15, 0.2) is 0 Å². The molecular formula is C24H27N3. The molecule has 0 amide bonds. The van der Waals surface area contributed by atoms with Gasteiger partial charge in [0, 0.05) is 38.3 Å². The number of piperazine rings is 1. The first-order valence-electron chi connectivity index (χ1n) is 9.75. The molecule has 0 unspecified atom stereocenters. The zero-order valence-corrected chi connectivity index (χ0v) is 16.2. The first-order chi connectivity index (χ1) is 13.2. The summed E-state index contributed by atoms with van der Waals surface area (Å²) in [6.45, 7) is 9.36. The van der Waals surface area contributed by atoms with E-state index in [-0.39, 0.29) is 0 Å². The minimum absolute atomic E-state index is 0.980. The van der Waals surface area contributed by atoms with E-state index in [0.717, 1.165) is 38.4 Å². The van der Waals surface area contributed by atoms with Crippen molar-refractivity contribution in [2.75, 3.05) is 26.2 Å². The Hall–Kier alpha value is -2.65. The van der Waals surface area contributed by atoms with Crippen LogP contribution in [0.1, 0.15) is 23.6 Å². The number of benzene rings is 3. The van der Waals surface area contributed by atoms with Crippen LogP contribution >= 0.6 is 0 Å². The van der Waals surface area contributed by atoms with E-state index >= 15 is 0 Å². The van der Waals surface area contributed by atoms with Crippen LogP contribution < -0.4 is 0 Å². The largest absolute Gasteiger partial charge is 0.295 e. The molecule has 0 aliphatic carbocycles. The van der Waals surface area contributed by atoms with Crippen molar-refractivity contribution >= 4 is 16.5 Å². The van der Waals surface area contributed by atoms with Crippen LogP contribution in [0.5, 0.6) is 0 Å². The van der Waals surface area contributed by atoms with Crippen molar-refractivity contribution < 1.29 is 0 Å². The van der Waals surface area contributed by atoms with Gasteiger partial charge < -0.3 is 0 Å². The maximum Gasteiger partial charge on any atom is 0.0652 e. The second-order valence-electron chi connectivity index (χ2n) is 7.43. The van der Waals surface area contributed by atoms with Crippen molar-refractivity contribution in [1.29, 1.82) is 0 Å². The lowest BCUT2D eigenvalue weighted by atomic mass is 10.0. The normalized spacial score (nSPS) is 16.1. The van der Waals surface area contributed by atoms with Gasteiger partial charge in [0.25, 0.3) is 0 Å². The molecule has 3 aromatic rings. The Morgan fingerprint density at radius 1 is 0.852 bits per heavy atom. The van der Waals surface area contributed by atoms with Crippen molar-refractivity contribution in [1.82, 2.24) is 9.91 Å². The van der Waals surface area contributed by atoms with E-state index < -0.39 is 0 Å². The molecule has 0 aromatic heterocycles. The lowest BCUT2D eigenvalue weighted by Crippen LogP contribution is -2.43. The number of hydrazone groups is 1. The molecule has 27 heavy (non-hydrogen) atoms. The van der Waals surface area contributed by atoms with Gasteiger partial charge in [-0.15, -0.1) is 0 Å². The Morgan fingerprint density at radius 2 is 1.56 bits per heavy atom. The summed E-state index contributed by atoms with van der Waals surface area (Å²) >= 11 is 0. The highest BCUT2D eigenvalue weighted by molar-refractivity contribution is 6.09. The number of hydrogen-bond acceptors (Lipinski definition) is 3. The van der Waals surface area contributed by atoms with Crippen LogP contribution in [0.25, 0.3) is 10.8 Å². The third-order valence-electron chi connectivity index (χ3n) is 5.35. The lowest BCUT2D eigenvalue weighted by Gasteiger charge is -2.33. The fraction of sp³-hybridized carbons (Fsp3) is 0.292. The zero-order chi connectivity index (χ0) is 18.6. The van der Waals surface area contributed by atoms with E-state index in [9.17, 15) is 0 Å². The number of aryl methyl sites for hydroxylation is 1. The van der Waals surface area contributed by atoms with Gasteiger partial charge in [-0.05, 0) is 30.2 Å². The van der Waals surface area contributed by atoms with Crippen molar-refractivity contribution in [3.8, 4) is 0 Å². The topological polar surface area (TPSA) is 18.8 Å². The monoisotopic (exact) mass is 357 g/mol. The van der Waals surface area contributed by atoms with Gasteiger partial charge in [0.2, 0.25) is 0 Å².